The van der Waals surface area contributed by atoms with Crippen molar-refractivity contribution in [2.45, 2.75) is 6.42 Å². The van der Waals surface area contributed by atoms with Crippen molar-refractivity contribution in [3.63, 3.8) is 0 Å². The molecular formula is C12H11N3. The molecule has 0 unspecified atom stereocenters. The number of para-hydroxylation sites is 1. The van der Waals surface area contributed by atoms with Gasteiger partial charge in [-0.05, 0) is 12.1 Å². The standard InChI is InChI=1S/C12H11N3/c1-2-4-11-9(3-1)10(5-7-13-11)12-6-8-14-15-12/h1-5,7,14H,6,8H2. The molecule has 0 radical (unpaired) electrons. The van der Waals surface area contributed by atoms with Crippen LogP contribution in [0.25, 0.3) is 10.9 Å². The van der Waals surface area contributed by atoms with Gasteiger partial charge in [-0.1, -0.05) is 18.2 Å². The Morgan fingerprint density at radius 2 is 2.07 bits per heavy atom. The van der Waals surface area contributed by atoms with E-state index in [4.69, 9.17) is 0 Å². The van der Waals surface area contributed by atoms with Gasteiger partial charge in [0, 0.05) is 30.1 Å². The molecule has 3 nitrogen and oxygen atoms in total. The maximum absolute atomic E-state index is 4.34. The van der Waals surface area contributed by atoms with E-state index in [1.807, 2.05) is 30.5 Å². The molecule has 15 heavy (non-hydrogen) atoms. The molecule has 2 aromatic rings. The van der Waals surface area contributed by atoms with E-state index in [-0.39, 0.29) is 0 Å². The summed E-state index contributed by atoms with van der Waals surface area (Å²) in [5.74, 6) is 0. The Labute approximate surface area is 87.8 Å². The number of benzene rings is 1. The largest absolute Gasteiger partial charge is 0.309 e. The number of aromatic nitrogens is 1. The Morgan fingerprint density at radius 3 is 2.93 bits per heavy atom. The van der Waals surface area contributed by atoms with Gasteiger partial charge in [-0.3, -0.25) is 4.98 Å². The fourth-order valence-electron chi connectivity index (χ4n) is 1.92. The third-order valence-electron chi connectivity index (χ3n) is 2.65. The van der Waals surface area contributed by atoms with Gasteiger partial charge < -0.3 is 5.43 Å². The highest BCUT2D eigenvalue weighted by molar-refractivity contribution is 6.10. The summed E-state index contributed by atoms with van der Waals surface area (Å²) in [6.07, 6.45) is 2.84. The summed E-state index contributed by atoms with van der Waals surface area (Å²) in [6, 6.07) is 10.2. The van der Waals surface area contributed by atoms with Crippen molar-refractivity contribution < 1.29 is 0 Å². The molecule has 0 atom stereocenters. The second kappa shape index (κ2) is 3.35. The summed E-state index contributed by atoms with van der Waals surface area (Å²) in [7, 11) is 0. The van der Waals surface area contributed by atoms with Gasteiger partial charge >= 0.3 is 0 Å². The first-order chi connectivity index (χ1) is 7.45. The molecule has 3 heteroatoms. The summed E-state index contributed by atoms with van der Waals surface area (Å²) in [5, 5.41) is 5.48. The van der Waals surface area contributed by atoms with E-state index in [1.165, 1.54) is 10.9 Å². The fraction of sp³-hybridized carbons (Fsp3) is 0.167. The molecule has 1 aliphatic heterocycles. The topological polar surface area (TPSA) is 37.3 Å². The number of hydrogen-bond acceptors (Lipinski definition) is 3. The van der Waals surface area contributed by atoms with Crippen molar-refractivity contribution in [3.8, 4) is 0 Å². The van der Waals surface area contributed by atoms with Crippen LogP contribution in [0, 0.1) is 0 Å². The molecule has 1 aliphatic rings. The molecule has 1 N–H and O–H groups in total. The highest BCUT2D eigenvalue weighted by Gasteiger charge is 2.11. The van der Waals surface area contributed by atoms with Gasteiger partial charge in [0.15, 0.2) is 0 Å². The van der Waals surface area contributed by atoms with Crippen LogP contribution in [0.4, 0.5) is 0 Å². The van der Waals surface area contributed by atoms with Crippen molar-refractivity contribution >= 4 is 16.6 Å². The maximum Gasteiger partial charge on any atom is 0.0708 e. The van der Waals surface area contributed by atoms with E-state index in [2.05, 4.69) is 21.6 Å². The molecule has 2 heterocycles. The highest BCUT2D eigenvalue weighted by Crippen LogP contribution is 2.18. The van der Waals surface area contributed by atoms with Gasteiger partial charge in [0.1, 0.15) is 0 Å². The van der Waals surface area contributed by atoms with Crippen LogP contribution in [0.5, 0.6) is 0 Å². The Balaban J connectivity index is 2.26. The predicted molar refractivity (Wildman–Crippen MR) is 60.9 cm³/mol. The van der Waals surface area contributed by atoms with E-state index in [0.717, 1.165) is 24.2 Å². The van der Waals surface area contributed by atoms with Crippen LogP contribution in [-0.2, 0) is 0 Å². The van der Waals surface area contributed by atoms with Crippen LogP contribution in [0.1, 0.15) is 12.0 Å². The number of fused-ring (bicyclic) bond motifs is 1. The Morgan fingerprint density at radius 1 is 1.13 bits per heavy atom. The summed E-state index contributed by atoms with van der Waals surface area (Å²) < 4.78 is 0. The van der Waals surface area contributed by atoms with Crippen LogP contribution < -0.4 is 5.43 Å². The average molecular weight is 197 g/mol. The van der Waals surface area contributed by atoms with Crippen molar-refractivity contribution in [2.75, 3.05) is 6.54 Å². The number of nitrogens with zero attached hydrogens (tertiary/aromatic N) is 2. The summed E-state index contributed by atoms with van der Waals surface area (Å²) >= 11 is 0. The Bertz CT molecular complexity index is 526. The minimum atomic E-state index is 0.936. The van der Waals surface area contributed by atoms with Crippen molar-refractivity contribution in [2.24, 2.45) is 5.10 Å². The van der Waals surface area contributed by atoms with E-state index in [1.54, 1.807) is 0 Å². The van der Waals surface area contributed by atoms with Gasteiger partial charge in [0.25, 0.3) is 0 Å². The van der Waals surface area contributed by atoms with Crippen LogP contribution >= 0.6 is 0 Å². The molecule has 1 aromatic carbocycles. The van der Waals surface area contributed by atoms with Gasteiger partial charge in [0.2, 0.25) is 0 Å². The molecular weight excluding hydrogens is 186 g/mol. The normalized spacial score (nSPS) is 15.1. The van der Waals surface area contributed by atoms with E-state index < -0.39 is 0 Å². The van der Waals surface area contributed by atoms with Gasteiger partial charge in [-0.15, -0.1) is 0 Å². The Hall–Kier alpha value is -1.90. The third kappa shape index (κ3) is 1.36. The van der Waals surface area contributed by atoms with Gasteiger partial charge in [-0.2, -0.15) is 5.10 Å². The van der Waals surface area contributed by atoms with Crippen molar-refractivity contribution in [3.05, 3.63) is 42.1 Å². The number of hydrazone groups is 1. The smallest absolute Gasteiger partial charge is 0.0708 e. The molecule has 0 aliphatic carbocycles. The average Bonchev–Trinajstić information content (AvgIpc) is 2.82. The lowest BCUT2D eigenvalue weighted by Crippen LogP contribution is -1.99. The molecule has 0 saturated heterocycles. The van der Waals surface area contributed by atoms with E-state index in [9.17, 15) is 0 Å². The SMILES string of the molecule is c1ccc2c(C3=NNCC3)ccnc2c1. The first-order valence-corrected chi connectivity index (χ1v) is 5.09. The Kier molecular flexibility index (Phi) is 1.88. The molecule has 0 saturated carbocycles. The lowest BCUT2D eigenvalue weighted by atomic mass is 10.0. The van der Waals surface area contributed by atoms with Gasteiger partial charge in [0.05, 0.1) is 11.2 Å². The van der Waals surface area contributed by atoms with E-state index in [0.29, 0.717) is 0 Å². The highest BCUT2D eigenvalue weighted by atomic mass is 15.3. The minimum absolute atomic E-state index is 0.936. The summed E-state index contributed by atoms with van der Waals surface area (Å²) in [5.41, 5.74) is 6.37. The zero-order chi connectivity index (χ0) is 10.1. The first-order valence-electron chi connectivity index (χ1n) is 5.09. The zero-order valence-electron chi connectivity index (χ0n) is 8.27. The van der Waals surface area contributed by atoms with Crippen LogP contribution in [-0.4, -0.2) is 17.2 Å². The summed E-state index contributed by atoms with van der Waals surface area (Å²) in [6.45, 7) is 0.936. The van der Waals surface area contributed by atoms with Gasteiger partial charge in [-0.25, -0.2) is 0 Å². The summed E-state index contributed by atoms with van der Waals surface area (Å²) in [4.78, 5) is 4.34. The maximum atomic E-state index is 4.34. The van der Waals surface area contributed by atoms with Crippen LogP contribution in [0.15, 0.2) is 41.6 Å². The lowest BCUT2D eigenvalue weighted by Gasteiger charge is -2.03. The van der Waals surface area contributed by atoms with Crippen molar-refractivity contribution in [1.82, 2.24) is 10.4 Å². The second-order valence-electron chi connectivity index (χ2n) is 3.59. The molecule has 0 fully saturated rings. The number of rotatable bonds is 1. The molecule has 0 spiro atoms. The number of hydrogen-bond donors (Lipinski definition) is 1. The molecule has 0 bridgehead atoms. The third-order valence-corrected chi connectivity index (χ3v) is 2.65. The second-order valence-corrected chi connectivity index (χ2v) is 3.59. The van der Waals surface area contributed by atoms with E-state index >= 15 is 0 Å². The fourth-order valence-corrected chi connectivity index (χ4v) is 1.92. The predicted octanol–water partition coefficient (Wildman–Crippen LogP) is 1.93. The molecule has 0 amide bonds. The monoisotopic (exact) mass is 197 g/mol. The number of pyridine rings is 1. The van der Waals surface area contributed by atoms with Crippen molar-refractivity contribution in [1.29, 1.82) is 0 Å². The molecule has 1 aromatic heterocycles. The molecule has 3 rings (SSSR count). The minimum Gasteiger partial charge on any atom is -0.309 e. The quantitative estimate of drug-likeness (QED) is 0.758. The lowest BCUT2D eigenvalue weighted by molar-refractivity contribution is 0.813. The zero-order valence-corrected chi connectivity index (χ0v) is 8.27. The van der Waals surface area contributed by atoms with Crippen LogP contribution in [0.2, 0.25) is 0 Å². The van der Waals surface area contributed by atoms with Crippen LogP contribution in [0.3, 0.4) is 0 Å². The molecule has 74 valence electrons. The first kappa shape index (κ1) is 8.41. The number of nitrogens with one attached hydrogen (secondary N) is 1.